The number of imidazole rings is 1. The molecule has 4 rings (SSSR count). The Balaban J connectivity index is 2.10. The zero-order valence-electron chi connectivity index (χ0n) is 9.19. The molecular formula is C12H7N5O. The summed E-state index contributed by atoms with van der Waals surface area (Å²) in [4.78, 5) is 16.8. The van der Waals surface area contributed by atoms with Crippen molar-refractivity contribution < 1.29 is 4.42 Å². The maximum absolute atomic E-state index is 5.37. The average molecular weight is 237 g/mol. The molecular weight excluding hydrogens is 230 g/mol. The Kier molecular flexibility index (Phi) is 1.74. The summed E-state index contributed by atoms with van der Waals surface area (Å²) < 4.78 is 7.24. The zero-order valence-corrected chi connectivity index (χ0v) is 9.19. The number of aromatic nitrogens is 5. The smallest absolute Gasteiger partial charge is 0.200 e. The fraction of sp³-hybridized carbons (Fsp3) is 0. The van der Waals surface area contributed by atoms with Crippen LogP contribution in [0.15, 0.2) is 47.7 Å². The summed E-state index contributed by atoms with van der Waals surface area (Å²) in [6.07, 6.45) is 6.52. The highest BCUT2D eigenvalue weighted by atomic mass is 16.3. The van der Waals surface area contributed by atoms with Crippen LogP contribution in [0.2, 0.25) is 0 Å². The van der Waals surface area contributed by atoms with Gasteiger partial charge in [-0.3, -0.25) is 4.57 Å². The number of hydrogen-bond donors (Lipinski definition) is 0. The van der Waals surface area contributed by atoms with Gasteiger partial charge in [0.1, 0.15) is 11.8 Å². The van der Waals surface area contributed by atoms with Crippen molar-refractivity contribution in [3.8, 4) is 5.69 Å². The number of nitrogens with zero attached hydrogens (tertiary/aromatic N) is 5. The quantitative estimate of drug-likeness (QED) is 0.506. The van der Waals surface area contributed by atoms with Gasteiger partial charge in [0.15, 0.2) is 17.6 Å². The summed E-state index contributed by atoms with van der Waals surface area (Å²) in [6.45, 7) is 0. The fourth-order valence-electron chi connectivity index (χ4n) is 1.98. The molecule has 0 spiro atoms. The van der Waals surface area contributed by atoms with E-state index in [0.29, 0.717) is 11.2 Å². The summed E-state index contributed by atoms with van der Waals surface area (Å²) >= 11 is 0. The van der Waals surface area contributed by atoms with E-state index in [0.717, 1.165) is 16.9 Å². The number of hydrogen-bond acceptors (Lipinski definition) is 5. The van der Waals surface area contributed by atoms with Crippen LogP contribution in [0.3, 0.4) is 0 Å². The first-order valence-electron chi connectivity index (χ1n) is 5.40. The van der Waals surface area contributed by atoms with Gasteiger partial charge in [0.25, 0.3) is 0 Å². The molecule has 0 aliphatic heterocycles. The van der Waals surface area contributed by atoms with Gasteiger partial charge >= 0.3 is 0 Å². The van der Waals surface area contributed by atoms with E-state index < -0.39 is 0 Å². The molecule has 0 atom stereocenters. The van der Waals surface area contributed by atoms with Gasteiger partial charge in [0, 0.05) is 12.4 Å². The molecule has 4 aromatic heterocycles. The highest BCUT2D eigenvalue weighted by Crippen LogP contribution is 2.22. The lowest BCUT2D eigenvalue weighted by Gasteiger charge is -2.02. The van der Waals surface area contributed by atoms with E-state index in [2.05, 4.69) is 19.9 Å². The molecule has 0 aliphatic carbocycles. The first-order chi connectivity index (χ1) is 8.93. The summed E-state index contributed by atoms with van der Waals surface area (Å²) in [6, 6.07) is 5.62. The topological polar surface area (TPSA) is 69.6 Å². The van der Waals surface area contributed by atoms with Crippen LogP contribution >= 0.6 is 0 Å². The van der Waals surface area contributed by atoms with Gasteiger partial charge in [-0.25, -0.2) is 15.0 Å². The highest BCUT2D eigenvalue weighted by molar-refractivity contribution is 5.81. The minimum Gasteiger partial charge on any atom is -0.439 e. The second-order valence-corrected chi connectivity index (χ2v) is 3.80. The molecule has 0 aromatic carbocycles. The van der Waals surface area contributed by atoms with Crippen LogP contribution in [-0.4, -0.2) is 24.5 Å². The number of pyridine rings is 2. The van der Waals surface area contributed by atoms with Crippen molar-refractivity contribution in [1.29, 1.82) is 0 Å². The average Bonchev–Trinajstić information content (AvgIpc) is 3.05. The van der Waals surface area contributed by atoms with Crippen molar-refractivity contribution in [2.24, 2.45) is 0 Å². The summed E-state index contributed by atoms with van der Waals surface area (Å²) in [7, 11) is 0. The molecule has 4 aromatic rings. The molecule has 0 radical (unpaired) electrons. The lowest BCUT2D eigenvalue weighted by Crippen LogP contribution is -1.94. The predicted molar refractivity (Wildman–Crippen MR) is 64.2 cm³/mol. The Labute approximate surface area is 101 Å². The monoisotopic (exact) mass is 237 g/mol. The van der Waals surface area contributed by atoms with Crippen LogP contribution in [0.5, 0.6) is 0 Å². The van der Waals surface area contributed by atoms with Crippen molar-refractivity contribution in [2.45, 2.75) is 0 Å². The van der Waals surface area contributed by atoms with Crippen molar-refractivity contribution in [1.82, 2.24) is 24.5 Å². The second-order valence-electron chi connectivity index (χ2n) is 3.80. The number of rotatable bonds is 1. The van der Waals surface area contributed by atoms with E-state index in [1.165, 1.54) is 6.39 Å². The van der Waals surface area contributed by atoms with E-state index in [4.69, 9.17) is 4.42 Å². The maximum atomic E-state index is 5.37. The Morgan fingerprint density at radius 3 is 3.00 bits per heavy atom. The normalized spacial score (nSPS) is 11.3. The van der Waals surface area contributed by atoms with E-state index >= 15 is 0 Å². The zero-order chi connectivity index (χ0) is 11.9. The Bertz CT molecular complexity index is 848. The van der Waals surface area contributed by atoms with Gasteiger partial charge < -0.3 is 4.42 Å². The Morgan fingerprint density at radius 2 is 2.00 bits per heavy atom. The number of fused-ring (bicyclic) bond motifs is 2. The lowest BCUT2D eigenvalue weighted by atomic mass is 10.3. The van der Waals surface area contributed by atoms with Gasteiger partial charge in [0.05, 0.1) is 5.69 Å². The van der Waals surface area contributed by atoms with Gasteiger partial charge in [-0.1, -0.05) is 0 Å². The van der Waals surface area contributed by atoms with Crippen LogP contribution in [0.25, 0.3) is 28.1 Å². The van der Waals surface area contributed by atoms with Crippen LogP contribution < -0.4 is 0 Å². The number of oxazole rings is 1. The van der Waals surface area contributed by atoms with Crippen molar-refractivity contribution in [3.63, 3.8) is 0 Å². The molecule has 86 valence electrons. The molecule has 0 unspecified atom stereocenters. The Morgan fingerprint density at radius 1 is 1.00 bits per heavy atom. The maximum Gasteiger partial charge on any atom is 0.200 e. The standard InChI is InChI=1S/C12H7N5O/c1-2-8-12(14-4-1)17(6-15-8)9-3-5-13-11-10(9)18-7-16-11/h1-7H. The van der Waals surface area contributed by atoms with Gasteiger partial charge in [0.2, 0.25) is 5.65 Å². The third-order valence-corrected chi connectivity index (χ3v) is 2.78. The van der Waals surface area contributed by atoms with Crippen LogP contribution in [0, 0.1) is 0 Å². The van der Waals surface area contributed by atoms with E-state index in [9.17, 15) is 0 Å². The van der Waals surface area contributed by atoms with Crippen LogP contribution in [0.1, 0.15) is 0 Å². The fourth-order valence-corrected chi connectivity index (χ4v) is 1.98. The minimum atomic E-state index is 0.574. The third-order valence-electron chi connectivity index (χ3n) is 2.78. The first kappa shape index (κ1) is 9.29. The summed E-state index contributed by atoms with van der Waals surface area (Å²) in [5.41, 5.74) is 3.65. The molecule has 4 heterocycles. The minimum absolute atomic E-state index is 0.574. The lowest BCUT2D eigenvalue weighted by molar-refractivity contribution is 0.600. The van der Waals surface area contributed by atoms with Crippen LogP contribution in [0.4, 0.5) is 0 Å². The second kappa shape index (κ2) is 3.36. The molecule has 0 saturated carbocycles. The van der Waals surface area contributed by atoms with Crippen molar-refractivity contribution in [2.75, 3.05) is 0 Å². The Hall–Kier alpha value is -2.76. The van der Waals surface area contributed by atoms with E-state index in [-0.39, 0.29) is 0 Å². The molecule has 0 N–H and O–H groups in total. The molecule has 18 heavy (non-hydrogen) atoms. The molecule has 0 fully saturated rings. The predicted octanol–water partition coefficient (Wildman–Crippen LogP) is 1.96. The molecule has 0 amide bonds. The van der Waals surface area contributed by atoms with Crippen molar-refractivity contribution >= 4 is 22.4 Å². The molecule has 0 aliphatic rings. The SMILES string of the molecule is c1cnc2c(c1)ncn2-c1ccnc2ncoc12. The van der Waals surface area contributed by atoms with Gasteiger partial charge in [-0.05, 0) is 18.2 Å². The third kappa shape index (κ3) is 1.17. The molecule has 0 saturated heterocycles. The van der Waals surface area contributed by atoms with Crippen LogP contribution in [-0.2, 0) is 0 Å². The van der Waals surface area contributed by atoms with Crippen molar-refractivity contribution in [3.05, 3.63) is 43.3 Å². The molecule has 6 nitrogen and oxygen atoms in total. The molecule has 0 bridgehead atoms. The largest absolute Gasteiger partial charge is 0.439 e. The summed E-state index contributed by atoms with van der Waals surface area (Å²) in [5, 5.41) is 0. The van der Waals surface area contributed by atoms with E-state index in [1.54, 1.807) is 18.7 Å². The molecule has 6 heteroatoms. The van der Waals surface area contributed by atoms with Gasteiger partial charge in [-0.2, -0.15) is 4.98 Å². The van der Waals surface area contributed by atoms with Gasteiger partial charge in [-0.15, -0.1) is 0 Å². The highest BCUT2D eigenvalue weighted by Gasteiger charge is 2.11. The van der Waals surface area contributed by atoms with E-state index in [1.807, 2.05) is 22.8 Å². The first-order valence-corrected chi connectivity index (χ1v) is 5.40. The summed E-state index contributed by atoms with van der Waals surface area (Å²) in [5.74, 6) is 0.